The van der Waals surface area contributed by atoms with Crippen LogP contribution >= 0.6 is 23.2 Å². The van der Waals surface area contributed by atoms with E-state index in [0.29, 0.717) is 17.8 Å². The minimum Gasteiger partial charge on any atom is -0.351 e. The molecular weight excluding hydrogens is 457 g/mol. The van der Waals surface area contributed by atoms with Crippen LogP contribution in [-0.2, 0) is 16.6 Å². The van der Waals surface area contributed by atoms with Crippen LogP contribution in [0.3, 0.4) is 0 Å². The topological polar surface area (TPSA) is 69.7 Å². The molecule has 1 aliphatic heterocycles. The van der Waals surface area contributed by atoms with Crippen molar-refractivity contribution in [3.63, 3.8) is 0 Å². The lowest BCUT2D eigenvalue weighted by molar-refractivity contribution is 0.0946. The molecule has 6 nitrogen and oxygen atoms in total. The van der Waals surface area contributed by atoms with Gasteiger partial charge in [0.15, 0.2) is 0 Å². The van der Waals surface area contributed by atoms with Crippen molar-refractivity contribution < 1.29 is 13.2 Å². The third-order valence-electron chi connectivity index (χ3n) is 5.30. The van der Waals surface area contributed by atoms with Gasteiger partial charge in [0.05, 0.1) is 28.5 Å². The van der Waals surface area contributed by atoms with Gasteiger partial charge in [-0.05, 0) is 55.8 Å². The van der Waals surface area contributed by atoms with E-state index in [1.54, 1.807) is 42.5 Å². The second-order valence-corrected chi connectivity index (χ2v) is 10.4. The largest absolute Gasteiger partial charge is 0.351 e. The Morgan fingerprint density at radius 1 is 1.06 bits per heavy atom. The molecule has 31 heavy (non-hydrogen) atoms. The van der Waals surface area contributed by atoms with Crippen LogP contribution in [0.5, 0.6) is 0 Å². The Kier molecular flexibility index (Phi) is 8.22. The first-order valence-electron chi connectivity index (χ1n) is 10.3. The highest BCUT2D eigenvalue weighted by Gasteiger charge is 2.21. The van der Waals surface area contributed by atoms with E-state index >= 15 is 0 Å². The monoisotopic (exact) mass is 483 g/mol. The molecule has 0 radical (unpaired) electrons. The average Bonchev–Trinajstić information content (AvgIpc) is 2.74. The van der Waals surface area contributed by atoms with Crippen molar-refractivity contribution in [1.29, 1.82) is 0 Å². The second-order valence-electron chi connectivity index (χ2n) is 7.70. The van der Waals surface area contributed by atoms with Crippen LogP contribution in [0.1, 0.15) is 35.2 Å². The van der Waals surface area contributed by atoms with Crippen LogP contribution in [0.4, 0.5) is 5.69 Å². The van der Waals surface area contributed by atoms with Gasteiger partial charge in [-0.3, -0.25) is 9.10 Å². The molecule has 9 heteroatoms. The fourth-order valence-corrected chi connectivity index (χ4v) is 4.95. The highest BCUT2D eigenvalue weighted by Crippen LogP contribution is 2.34. The number of piperidine rings is 1. The first-order valence-corrected chi connectivity index (χ1v) is 12.9. The molecule has 1 saturated heterocycles. The van der Waals surface area contributed by atoms with Gasteiger partial charge in [0.1, 0.15) is 0 Å². The number of halogens is 2. The zero-order valence-electron chi connectivity index (χ0n) is 17.5. The molecule has 0 bridgehead atoms. The summed E-state index contributed by atoms with van der Waals surface area (Å²) in [5.74, 6) is -0.138. The molecule has 2 aromatic rings. The van der Waals surface area contributed by atoms with Gasteiger partial charge in [0, 0.05) is 18.7 Å². The second kappa shape index (κ2) is 10.7. The number of nitrogens with one attached hydrogen (secondary N) is 1. The van der Waals surface area contributed by atoms with Gasteiger partial charge in [0.25, 0.3) is 5.91 Å². The van der Waals surface area contributed by atoms with Crippen molar-refractivity contribution in [3.8, 4) is 0 Å². The molecule has 168 valence electrons. The number of carbonyl (C=O) groups is 1. The van der Waals surface area contributed by atoms with Crippen molar-refractivity contribution >= 4 is 44.8 Å². The normalized spacial score (nSPS) is 14.9. The van der Waals surface area contributed by atoms with E-state index in [0.717, 1.165) is 31.5 Å². The molecule has 1 heterocycles. The van der Waals surface area contributed by atoms with Crippen molar-refractivity contribution in [3.05, 3.63) is 63.6 Å². The van der Waals surface area contributed by atoms with Crippen LogP contribution in [-0.4, -0.2) is 51.7 Å². The number of rotatable bonds is 8. The fourth-order valence-electron chi connectivity index (χ4n) is 3.61. The number of hydrogen-bond acceptors (Lipinski definition) is 4. The Bertz CT molecular complexity index is 1010. The molecule has 1 amide bonds. The van der Waals surface area contributed by atoms with Gasteiger partial charge in [0.2, 0.25) is 10.0 Å². The van der Waals surface area contributed by atoms with Crippen LogP contribution in [0, 0.1) is 0 Å². The van der Waals surface area contributed by atoms with Crippen LogP contribution in [0.15, 0.2) is 42.5 Å². The summed E-state index contributed by atoms with van der Waals surface area (Å²) >= 11 is 12.3. The highest BCUT2D eigenvalue weighted by molar-refractivity contribution is 7.92. The fraction of sp³-hybridized carbons (Fsp3) is 0.409. The van der Waals surface area contributed by atoms with Crippen molar-refractivity contribution in [1.82, 2.24) is 10.2 Å². The van der Waals surface area contributed by atoms with Crippen molar-refractivity contribution in [2.75, 3.05) is 36.7 Å². The van der Waals surface area contributed by atoms with E-state index in [1.165, 1.54) is 23.6 Å². The third kappa shape index (κ3) is 6.59. The number of carbonyl (C=O) groups excluding carboxylic acids is 1. The lowest BCUT2D eigenvalue weighted by Gasteiger charge is -2.26. The Balaban J connectivity index is 1.64. The zero-order valence-corrected chi connectivity index (χ0v) is 19.8. The number of hydrogen-bond donors (Lipinski definition) is 1. The summed E-state index contributed by atoms with van der Waals surface area (Å²) in [5.41, 5.74) is 1.58. The first kappa shape index (κ1) is 23.9. The molecule has 0 unspecified atom stereocenters. The first-order chi connectivity index (χ1) is 14.8. The molecule has 0 aliphatic carbocycles. The number of likely N-dealkylation sites (tertiary alicyclic amines) is 1. The summed E-state index contributed by atoms with van der Waals surface area (Å²) in [7, 11) is -3.60. The molecule has 0 spiro atoms. The summed E-state index contributed by atoms with van der Waals surface area (Å²) in [4.78, 5) is 14.8. The molecule has 1 fully saturated rings. The molecule has 3 rings (SSSR count). The number of amides is 1. The summed E-state index contributed by atoms with van der Waals surface area (Å²) in [6, 6.07) is 11.8. The van der Waals surface area contributed by atoms with Crippen LogP contribution < -0.4 is 9.62 Å². The summed E-state index contributed by atoms with van der Waals surface area (Å²) < 4.78 is 26.0. The number of sulfonamides is 1. The Morgan fingerprint density at radius 2 is 1.74 bits per heavy atom. The molecule has 0 saturated carbocycles. The predicted molar refractivity (Wildman–Crippen MR) is 127 cm³/mol. The van der Waals surface area contributed by atoms with E-state index < -0.39 is 10.0 Å². The Labute approximate surface area is 194 Å². The smallest absolute Gasteiger partial charge is 0.251 e. The van der Waals surface area contributed by atoms with Gasteiger partial charge in [-0.1, -0.05) is 47.8 Å². The maximum atomic E-state index is 12.4. The number of nitrogens with zero attached hydrogens (tertiary/aromatic N) is 2. The van der Waals surface area contributed by atoms with Gasteiger partial charge in [-0.15, -0.1) is 0 Å². The average molecular weight is 484 g/mol. The van der Waals surface area contributed by atoms with E-state index in [-0.39, 0.29) is 22.5 Å². The summed E-state index contributed by atoms with van der Waals surface area (Å²) in [5, 5.41) is 3.41. The highest BCUT2D eigenvalue weighted by atomic mass is 35.5. The quantitative estimate of drug-likeness (QED) is 0.611. The van der Waals surface area contributed by atoms with Crippen molar-refractivity contribution in [2.24, 2.45) is 0 Å². The van der Waals surface area contributed by atoms with E-state index in [2.05, 4.69) is 10.2 Å². The maximum absolute atomic E-state index is 12.4. The Hall–Kier alpha value is -1.80. The van der Waals surface area contributed by atoms with Gasteiger partial charge in [-0.2, -0.15) is 0 Å². The lowest BCUT2D eigenvalue weighted by Crippen LogP contribution is -2.37. The third-order valence-corrected chi connectivity index (χ3v) is 7.24. The van der Waals surface area contributed by atoms with Gasteiger partial charge >= 0.3 is 0 Å². The van der Waals surface area contributed by atoms with E-state index in [1.807, 2.05) is 0 Å². The number of anilines is 1. The SMILES string of the molecule is CS(=O)(=O)N(Cc1ccc(C(=O)NCCN2CCCCC2)cc1)c1cccc(Cl)c1Cl. The molecule has 0 aromatic heterocycles. The zero-order chi connectivity index (χ0) is 22.4. The summed E-state index contributed by atoms with van der Waals surface area (Å²) in [6.07, 6.45) is 4.85. The van der Waals surface area contributed by atoms with E-state index in [4.69, 9.17) is 23.2 Å². The molecule has 2 aromatic carbocycles. The maximum Gasteiger partial charge on any atom is 0.251 e. The van der Waals surface area contributed by atoms with Gasteiger partial charge < -0.3 is 10.2 Å². The summed E-state index contributed by atoms with van der Waals surface area (Å²) in [6.45, 7) is 3.73. The standard InChI is InChI=1S/C22H27Cl2N3O3S/c1-31(29,30)27(20-7-5-6-19(23)21(20)24)16-17-8-10-18(11-9-17)22(28)25-12-15-26-13-3-2-4-14-26/h5-11H,2-4,12-16H2,1H3,(H,25,28). The van der Waals surface area contributed by atoms with E-state index in [9.17, 15) is 13.2 Å². The number of benzene rings is 2. The molecule has 1 aliphatic rings. The lowest BCUT2D eigenvalue weighted by atomic mass is 10.1. The van der Waals surface area contributed by atoms with Crippen LogP contribution in [0.2, 0.25) is 10.0 Å². The Morgan fingerprint density at radius 3 is 2.39 bits per heavy atom. The predicted octanol–water partition coefficient (Wildman–Crippen LogP) is 4.18. The molecular formula is C22H27Cl2N3O3S. The minimum absolute atomic E-state index is 0.0791. The van der Waals surface area contributed by atoms with Crippen LogP contribution in [0.25, 0.3) is 0 Å². The molecule has 1 N–H and O–H groups in total. The van der Waals surface area contributed by atoms with Gasteiger partial charge in [-0.25, -0.2) is 8.42 Å². The van der Waals surface area contributed by atoms with Crippen molar-refractivity contribution in [2.45, 2.75) is 25.8 Å². The molecule has 0 atom stereocenters. The minimum atomic E-state index is -3.60.